The number of H-pyrrole nitrogens is 1. The summed E-state index contributed by atoms with van der Waals surface area (Å²) < 4.78 is 5.39. The summed E-state index contributed by atoms with van der Waals surface area (Å²) in [5, 5.41) is 4.23. The van der Waals surface area contributed by atoms with Crippen LogP contribution in [0.25, 0.3) is 10.9 Å². The number of hydrogen-bond donors (Lipinski definition) is 2. The molecule has 3 aromatic rings. The number of aromatic nitrogens is 2. The quantitative estimate of drug-likeness (QED) is 0.699. The van der Waals surface area contributed by atoms with Crippen molar-refractivity contribution in [3.8, 4) is 0 Å². The van der Waals surface area contributed by atoms with Crippen LogP contribution in [-0.4, -0.2) is 42.2 Å². The summed E-state index contributed by atoms with van der Waals surface area (Å²) in [5.74, 6) is 1.61. The number of nitrogens with zero attached hydrogens (tertiary/aromatic N) is 2. The van der Waals surface area contributed by atoms with E-state index < -0.39 is 0 Å². The molecule has 2 aliphatic rings. The highest BCUT2D eigenvalue weighted by atomic mass is 16.5. The fourth-order valence-electron chi connectivity index (χ4n) is 4.52. The Labute approximate surface area is 176 Å². The van der Waals surface area contributed by atoms with Gasteiger partial charge in [-0.3, -0.25) is 4.79 Å². The Morgan fingerprint density at radius 3 is 2.93 bits per heavy atom. The van der Waals surface area contributed by atoms with Gasteiger partial charge < -0.3 is 19.9 Å². The third kappa shape index (κ3) is 3.79. The van der Waals surface area contributed by atoms with E-state index in [-0.39, 0.29) is 5.91 Å². The number of hydrogen-bond acceptors (Lipinski definition) is 4. The van der Waals surface area contributed by atoms with Crippen molar-refractivity contribution < 1.29 is 9.53 Å². The number of ether oxygens (including phenoxy) is 1. The summed E-state index contributed by atoms with van der Waals surface area (Å²) >= 11 is 0. The molecule has 0 radical (unpaired) electrons. The van der Waals surface area contributed by atoms with E-state index in [1.54, 1.807) is 0 Å². The second-order valence-corrected chi connectivity index (χ2v) is 8.50. The van der Waals surface area contributed by atoms with Crippen LogP contribution in [0.15, 0.2) is 36.5 Å². The lowest BCUT2D eigenvalue weighted by atomic mass is 9.87. The number of morpholine rings is 1. The number of carbonyl (C=O) groups excluding carboxylic acids is 1. The number of rotatable bonds is 4. The van der Waals surface area contributed by atoms with Gasteiger partial charge in [0.1, 0.15) is 5.82 Å². The second-order valence-electron chi connectivity index (χ2n) is 8.50. The minimum Gasteiger partial charge on any atom is -0.378 e. The van der Waals surface area contributed by atoms with E-state index in [4.69, 9.17) is 4.74 Å². The van der Waals surface area contributed by atoms with E-state index >= 15 is 0 Å². The number of aryl methyl sites for hydroxylation is 1. The number of carbonyl (C=O) groups is 1. The van der Waals surface area contributed by atoms with Crippen molar-refractivity contribution in [3.63, 3.8) is 0 Å². The first-order valence-corrected chi connectivity index (χ1v) is 10.9. The first kappa shape index (κ1) is 19.1. The van der Waals surface area contributed by atoms with Crippen molar-refractivity contribution in [3.05, 3.63) is 58.9 Å². The molecule has 5 rings (SSSR count). The molecule has 1 aromatic carbocycles. The van der Waals surface area contributed by atoms with Gasteiger partial charge in [-0.2, -0.15) is 0 Å². The summed E-state index contributed by atoms with van der Waals surface area (Å²) in [6.45, 7) is 5.99. The number of benzene rings is 1. The van der Waals surface area contributed by atoms with E-state index in [9.17, 15) is 4.79 Å². The van der Waals surface area contributed by atoms with E-state index in [1.165, 1.54) is 23.1 Å². The number of nitrogens with one attached hydrogen (secondary N) is 2. The number of fused-ring (bicyclic) bond motifs is 3. The summed E-state index contributed by atoms with van der Waals surface area (Å²) in [4.78, 5) is 23.1. The highest BCUT2D eigenvalue weighted by molar-refractivity contribution is 5.99. The number of pyridine rings is 1. The van der Waals surface area contributed by atoms with Gasteiger partial charge >= 0.3 is 0 Å². The molecule has 1 amide bonds. The summed E-state index contributed by atoms with van der Waals surface area (Å²) in [7, 11) is 0. The molecular formula is C24H28N4O2. The van der Waals surface area contributed by atoms with E-state index in [2.05, 4.69) is 27.1 Å². The summed E-state index contributed by atoms with van der Waals surface area (Å²) in [5.41, 5.74) is 5.57. The molecule has 0 spiro atoms. The molecule has 1 aliphatic heterocycles. The number of amides is 1. The van der Waals surface area contributed by atoms with Crippen LogP contribution in [-0.2, 0) is 24.1 Å². The normalized spacial score (nSPS) is 19.0. The number of aromatic amines is 1. The Kier molecular flexibility index (Phi) is 5.17. The monoisotopic (exact) mass is 404 g/mol. The predicted octanol–water partition coefficient (Wildman–Crippen LogP) is 3.45. The van der Waals surface area contributed by atoms with Crippen LogP contribution >= 0.6 is 0 Å². The zero-order valence-electron chi connectivity index (χ0n) is 17.4. The lowest BCUT2D eigenvalue weighted by Gasteiger charge is -2.27. The molecule has 1 saturated heterocycles. The zero-order valence-corrected chi connectivity index (χ0v) is 17.4. The van der Waals surface area contributed by atoms with Crippen LogP contribution in [0, 0.1) is 5.92 Å². The Hall–Kier alpha value is -2.86. The zero-order chi connectivity index (χ0) is 20.5. The lowest BCUT2D eigenvalue weighted by molar-refractivity contribution is 0.0951. The molecule has 6 heteroatoms. The van der Waals surface area contributed by atoms with Gasteiger partial charge in [-0.15, -0.1) is 0 Å². The molecular weight excluding hydrogens is 376 g/mol. The maximum Gasteiger partial charge on any atom is 0.251 e. The summed E-state index contributed by atoms with van der Waals surface area (Å²) in [6, 6.07) is 10.0. The van der Waals surface area contributed by atoms with E-state index in [0.29, 0.717) is 18.0 Å². The Morgan fingerprint density at radius 2 is 2.13 bits per heavy atom. The summed E-state index contributed by atoms with van der Waals surface area (Å²) in [6.07, 6.45) is 5.26. The van der Waals surface area contributed by atoms with Crippen LogP contribution in [0.2, 0.25) is 0 Å². The van der Waals surface area contributed by atoms with Gasteiger partial charge in [0.2, 0.25) is 0 Å². The molecule has 1 fully saturated rings. The second kappa shape index (κ2) is 8.11. The van der Waals surface area contributed by atoms with Crippen LogP contribution < -0.4 is 10.2 Å². The predicted molar refractivity (Wildman–Crippen MR) is 118 cm³/mol. The molecule has 156 valence electrons. The van der Waals surface area contributed by atoms with Crippen LogP contribution in [0.4, 0.5) is 5.82 Å². The molecule has 0 saturated carbocycles. The third-order valence-electron chi connectivity index (χ3n) is 6.29. The minimum atomic E-state index is -0.0482. The standard InChI is InChI=1S/C24H28N4O2/c1-16-2-5-21-19(12-16)20-13-18(4-6-22(20)27-21)24(29)26-15-17-3-7-23(25-14-17)28-8-10-30-11-9-28/h3-4,6-7,13-14,16,27H,2,5,8-12,15H2,1H3,(H,26,29)/t16-/m1/s1. The molecule has 3 heterocycles. The smallest absolute Gasteiger partial charge is 0.251 e. The van der Waals surface area contributed by atoms with Gasteiger partial charge in [-0.25, -0.2) is 4.98 Å². The molecule has 2 aromatic heterocycles. The van der Waals surface area contributed by atoms with Gasteiger partial charge in [-0.05, 0) is 60.6 Å². The van der Waals surface area contributed by atoms with Crippen molar-refractivity contribution >= 4 is 22.6 Å². The molecule has 1 atom stereocenters. The molecule has 0 unspecified atom stereocenters. The van der Waals surface area contributed by atoms with Crippen LogP contribution in [0.5, 0.6) is 0 Å². The van der Waals surface area contributed by atoms with E-state index in [1.807, 2.05) is 36.5 Å². The number of anilines is 1. The molecule has 0 bridgehead atoms. The van der Waals surface area contributed by atoms with Gasteiger partial charge in [0.25, 0.3) is 5.91 Å². The van der Waals surface area contributed by atoms with Gasteiger partial charge in [0.15, 0.2) is 0 Å². The Balaban J connectivity index is 1.26. The molecule has 2 N–H and O–H groups in total. The topological polar surface area (TPSA) is 70.2 Å². The molecule has 30 heavy (non-hydrogen) atoms. The molecule has 1 aliphatic carbocycles. The Morgan fingerprint density at radius 1 is 1.27 bits per heavy atom. The van der Waals surface area contributed by atoms with Crippen molar-refractivity contribution in [2.45, 2.75) is 32.7 Å². The van der Waals surface area contributed by atoms with Crippen molar-refractivity contribution in [2.24, 2.45) is 5.92 Å². The van der Waals surface area contributed by atoms with E-state index in [0.717, 1.165) is 56.0 Å². The largest absolute Gasteiger partial charge is 0.378 e. The average Bonchev–Trinajstić information content (AvgIpc) is 3.15. The minimum absolute atomic E-state index is 0.0482. The maximum absolute atomic E-state index is 12.8. The lowest BCUT2D eigenvalue weighted by Crippen LogP contribution is -2.36. The average molecular weight is 405 g/mol. The SMILES string of the molecule is C[C@@H]1CCc2[nH]c3ccc(C(=O)NCc4ccc(N5CCOCC5)nc4)cc3c2C1. The third-order valence-corrected chi connectivity index (χ3v) is 6.29. The van der Waals surface area contributed by atoms with Gasteiger partial charge in [0, 0.05) is 48.0 Å². The molecule has 6 nitrogen and oxygen atoms in total. The van der Waals surface area contributed by atoms with Crippen molar-refractivity contribution in [1.82, 2.24) is 15.3 Å². The van der Waals surface area contributed by atoms with Crippen LogP contribution in [0.1, 0.15) is 40.5 Å². The van der Waals surface area contributed by atoms with Crippen molar-refractivity contribution in [1.29, 1.82) is 0 Å². The highest BCUT2D eigenvalue weighted by Crippen LogP contribution is 2.32. The maximum atomic E-state index is 12.8. The first-order chi connectivity index (χ1) is 14.7. The van der Waals surface area contributed by atoms with Crippen LogP contribution in [0.3, 0.4) is 0 Å². The first-order valence-electron chi connectivity index (χ1n) is 10.9. The van der Waals surface area contributed by atoms with Crippen molar-refractivity contribution in [2.75, 3.05) is 31.2 Å². The fraction of sp³-hybridized carbons (Fsp3) is 0.417. The highest BCUT2D eigenvalue weighted by Gasteiger charge is 2.20. The van der Waals surface area contributed by atoms with Gasteiger partial charge in [0.05, 0.1) is 13.2 Å². The Bertz CT molecular complexity index is 1050. The van der Waals surface area contributed by atoms with Gasteiger partial charge in [-0.1, -0.05) is 13.0 Å². The fourth-order valence-corrected chi connectivity index (χ4v) is 4.52.